The summed E-state index contributed by atoms with van der Waals surface area (Å²) in [7, 11) is 0. The van der Waals surface area contributed by atoms with Crippen LogP contribution in [0.2, 0.25) is 0 Å². The summed E-state index contributed by atoms with van der Waals surface area (Å²) in [5.41, 5.74) is 0.494. The lowest BCUT2D eigenvalue weighted by molar-refractivity contribution is 0.256. The Morgan fingerprint density at radius 1 is 0.812 bits per heavy atom. The van der Waals surface area contributed by atoms with Crippen LogP contribution < -0.4 is 0 Å². The van der Waals surface area contributed by atoms with Crippen molar-refractivity contribution in [2.45, 2.75) is 80.6 Å². The molecule has 0 aliphatic rings. The predicted octanol–water partition coefficient (Wildman–Crippen LogP) is 5.91. The smallest absolute Gasteiger partial charge is 0.0380 e. The van der Waals surface area contributed by atoms with E-state index in [9.17, 15) is 0 Å². The number of rotatable bonds is 7. The van der Waals surface area contributed by atoms with E-state index in [0.717, 1.165) is 17.8 Å². The van der Waals surface area contributed by atoms with Crippen LogP contribution >= 0.6 is 0 Å². The number of hydrogen-bond donors (Lipinski definition) is 0. The van der Waals surface area contributed by atoms with Gasteiger partial charge < -0.3 is 0 Å². The summed E-state index contributed by atoms with van der Waals surface area (Å²) >= 11 is 0. The Hall–Kier alpha value is 0. The molecule has 0 heterocycles. The van der Waals surface area contributed by atoms with Gasteiger partial charge in [0.25, 0.3) is 0 Å². The lowest BCUT2D eigenvalue weighted by atomic mass is 9.80. The third kappa shape index (κ3) is 9.24. The summed E-state index contributed by atoms with van der Waals surface area (Å²) < 4.78 is 0. The van der Waals surface area contributed by atoms with Crippen molar-refractivity contribution in [3.05, 3.63) is 0 Å². The maximum Gasteiger partial charge on any atom is -0.0380 e. The Kier molecular flexibility index (Phi) is 7.35. The van der Waals surface area contributed by atoms with Crippen LogP contribution in [0.15, 0.2) is 0 Å². The Balaban J connectivity index is 3.82. The largest absolute Gasteiger partial charge is 0.0654 e. The maximum atomic E-state index is 2.44. The number of hydrogen-bond acceptors (Lipinski definition) is 0. The van der Waals surface area contributed by atoms with Crippen LogP contribution in [0.3, 0.4) is 0 Å². The minimum Gasteiger partial charge on any atom is -0.0654 e. The first-order valence-corrected chi connectivity index (χ1v) is 7.24. The predicted molar refractivity (Wildman–Crippen MR) is 75.7 cm³/mol. The summed E-state index contributed by atoms with van der Waals surface area (Å²) in [6, 6.07) is 0. The van der Waals surface area contributed by atoms with E-state index in [2.05, 4.69) is 48.5 Å². The van der Waals surface area contributed by atoms with Gasteiger partial charge >= 0.3 is 0 Å². The van der Waals surface area contributed by atoms with E-state index in [4.69, 9.17) is 0 Å². The van der Waals surface area contributed by atoms with Crippen LogP contribution in [0.1, 0.15) is 80.6 Å². The van der Waals surface area contributed by atoms with E-state index >= 15 is 0 Å². The van der Waals surface area contributed by atoms with Crippen LogP contribution in [0.25, 0.3) is 0 Å². The van der Waals surface area contributed by atoms with Gasteiger partial charge in [0.1, 0.15) is 0 Å². The molecule has 16 heavy (non-hydrogen) atoms. The van der Waals surface area contributed by atoms with Gasteiger partial charge in [-0.15, -0.1) is 0 Å². The molecule has 98 valence electrons. The van der Waals surface area contributed by atoms with Crippen molar-refractivity contribution >= 4 is 0 Å². The monoisotopic (exact) mass is 226 g/mol. The van der Waals surface area contributed by atoms with E-state index in [0.29, 0.717) is 5.41 Å². The molecule has 0 N–H and O–H groups in total. The molecule has 0 aromatic carbocycles. The van der Waals surface area contributed by atoms with Gasteiger partial charge in [-0.3, -0.25) is 0 Å². The normalized spacial score (nSPS) is 18.2. The van der Waals surface area contributed by atoms with Gasteiger partial charge in [-0.1, -0.05) is 61.3 Å². The van der Waals surface area contributed by atoms with Crippen LogP contribution in [0.4, 0.5) is 0 Å². The summed E-state index contributed by atoms with van der Waals surface area (Å²) in [6.45, 7) is 16.6. The van der Waals surface area contributed by atoms with Crippen LogP contribution in [-0.4, -0.2) is 0 Å². The Morgan fingerprint density at radius 2 is 1.31 bits per heavy atom. The quantitative estimate of drug-likeness (QED) is 0.506. The SMILES string of the molecule is CCCC(C)CC(C)CC(C)CC(C)(C)C. The zero-order chi connectivity index (χ0) is 12.8. The van der Waals surface area contributed by atoms with Crippen molar-refractivity contribution < 1.29 is 0 Å². The first kappa shape index (κ1) is 16.0. The molecule has 0 saturated heterocycles. The highest BCUT2D eigenvalue weighted by Crippen LogP contribution is 2.30. The van der Waals surface area contributed by atoms with E-state index in [1.165, 1.54) is 32.1 Å². The average molecular weight is 226 g/mol. The maximum absolute atomic E-state index is 2.44. The van der Waals surface area contributed by atoms with Crippen LogP contribution in [-0.2, 0) is 0 Å². The van der Waals surface area contributed by atoms with Gasteiger partial charge in [-0.25, -0.2) is 0 Å². The van der Waals surface area contributed by atoms with Crippen molar-refractivity contribution in [2.75, 3.05) is 0 Å². The molecule has 0 aliphatic heterocycles. The zero-order valence-corrected chi connectivity index (χ0v) is 12.8. The highest BCUT2D eigenvalue weighted by Gasteiger charge is 2.18. The van der Waals surface area contributed by atoms with Gasteiger partial charge in [0.05, 0.1) is 0 Å². The van der Waals surface area contributed by atoms with Gasteiger partial charge in [0, 0.05) is 0 Å². The molecule has 0 fully saturated rings. The second-order valence-electron chi connectivity index (χ2n) is 7.34. The zero-order valence-electron chi connectivity index (χ0n) is 12.8. The molecule has 0 aliphatic carbocycles. The molecule has 0 aromatic rings. The van der Waals surface area contributed by atoms with E-state index in [-0.39, 0.29) is 0 Å². The molecule has 0 radical (unpaired) electrons. The molecule has 0 nitrogen and oxygen atoms in total. The highest BCUT2D eigenvalue weighted by atomic mass is 14.2. The Morgan fingerprint density at radius 3 is 1.75 bits per heavy atom. The Labute approximate surface area is 104 Å². The fourth-order valence-electron chi connectivity index (χ4n) is 3.21. The second-order valence-corrected chi connectivity index (χ2v) is 7.34. The van der Waals surface area contributed by atoms with Crippen molar-refractivity contribution in [2.24, 2.45) is 23.2 Å². The molecular formula is C16H34. The topological polar surface area (TPSA) is 0 Å². The molecule has 0 rings (SSSR count). The molecule has 3 atom stereocenters. The van der Waals surface area contributed by atoms with Crippen molar-refractivity contribution in [3.63, 3.8) is 0 Å². The van der Waals surface area contributed by atoms with E-state index in [1.807, 2.05) is 0 Å². The standard InChI is InChI=1S/C16H34/c1-8-9-13(2)10-14(3)11-15(4)12-16(5,6)7/h13-15H,8-12H2,1-7H3. The van der Waals surface area contributed by atoms with Gasteiger partial charge in [0.15, 0.2) is 0 Å². The van der Waals surface area contributed by atoms with Gasteiger partial charge in [-0.2, -0.15) is 0 Å². The van der Waals surface area contributed by atoms with Gasteiger partial charge in [0.2, 0.25) is 0 Å². The summed E-state index contributed by atoms with van der Waals surface area (Å²) in [5, 5.41) is 0. The third-order valence-corrected chi connectivity index (χ3v) is 3.35. The lowest BCUT2D eigenvalue weighted by Gasteiger charge is -2.26. The van der Waals surface area contributed by atoms with Crippen LogP contribution in [0, 0.1) is 23.2 Å². The molecule has 0 saturated carbocycles. The van der Waals surface area contributed by atoms with Crippen molar-refractivity contribution in [1.29, 1.82) is 0 Å². The third-order valence-electron chi connectivity index (χ3n) is 3.35. The minimum absolute atomic E-state index is 0.494. The summed E-state index contributed by atoms with van der Waals surface area (Å²) in [4.78, 5) is 0. The average Bonchev–Trinajstić information content (AvgIpc) is 1.98. The molecule has 0 bridgehead atoms. The molecule has 0 aromatic heterocycles. The molecule has 0 heteroatoms. The van der Waals surface area contributed by atoms with Gasteiger partial charge in [-0.05, 0) is 42.4 Å². The fourth-order valence-corrected chi connectivity index (χ4v) is 3.21. The van der Waals surface area contributed by atoms with Crippen LogP contribution in [0.5, 0.6) is 0 Å². The highest BCUT2D eigenvalue weighted by molar-refractivity contribution is 4.69. The summed E-state index contributed by atoms with van der Waals surface area (Å²) in [5.74, 6) is 2.70. The molecule has 0 amide bonds. The summed E-state index contributed by atoms with van der Waals surface area (Å²) in [6.07, 6.45) is 6.93. The molecular weight excluding hydrogens is 192 g/mol. The van der Waals surface area contributed by atoms with Crippen molar-refractivity contribution in [1.82, 2.24) is 0 Å². The van der Waals surface area contributed by atoms with E-state index < -0.39 is 0 Å². The fraction of sp³-hybridized carbons (Fsp3) is 1.00. The lowest BCUT2D eigenvalue weighted by Crippen LogP contribution is -2.14. The molecule has 3 unspecified atom stereocenters. The first-order chi connectivity index (χ1) is 7.24. The van der Waals surface area contributed by atoms with Crippen molar-refractivity contribution in [3.8, 4) is 0 Å². The second kappa shape index (κ2) is 7.35. The first-order valence-electron chi connectivity index (χ1n) is 7.24. The van der Waals surface area contributed by atoms with E-state index in [1.54, 1.807) is 0 Å². The minimum atomic E-state index is 0.494. The molecule has 0 spiro atoms. The Bertz CT molecular complexity index is 163.